The number of anilines is 2. The van der Waals surface area contributed by atoms with Crippen LogP contribution in [-0.4, -0.2) is 16.9 Å². The maximum Gasteiger partial charge on any atom is 0.221 e. The van der Waals surface area contributed by atoms with E-state index in [0.717, 1.165) is 17.5 Å². The molecule has 0 bridgehead atoms. The van der Waals surface area contributed by atoms with Crippen molar-refractivity contribution in [2.45, 2.75) is 39.2 Å². The molecular formula is C20H24N2O3. The van der Waals surface area contributed by atoms with E-state index in [1.54, 1.807) is 24.3 Å². The third-order valence-electron chi connectivity index (χ3n) is 3.98. The van der Waals surface area contributed by atoms with Gasteiger partial charge in [0.1, 0.15) is 5.60 Å². The number of amides is 2. The molecule has 0 aliphatic carbocycles. The van der Waals surface area contributed by atoms with Crippen molar-refractivity contribution in [3.05, 3.63) is 59.7 Å². The first kappa shape index (κ1) is 18.7. The van der Waals surface area contributed by atoms with Crippen LogP contribution in [0.25, 0.3) is 0 Å². The van der Waals surface area contributed by atoms with Gasteiger partial charge in [-0.3, -0.25) is 9.59 Å². The molecule has 0 heterocycles. The van der Waals surface area contributed by atoms with Crippen LogP contribution in [0.4, 0.5) is 11.4 Å². The van der Waals surface area contributed by atoms with Crippen LogP contribution < -0.4 is 10.6 Å². The molecule has 2 rings (SSSR count). The molecule has 0 aliphatic heterocycles. The number of hydrogen-bond acceptors (Lipinski definition) is 3. The van der Waals surface area contributed by atoms with Gasteiger partial charge in [0, 0.05) is 25.2 Å². The molecule has 0 spiro atoms. The van der Waals surface area contributed by atoms with Crippen molar-refractivity contribution in [1.29, 1.82) is 0 Å². The lowest BCUT2D eigenvalue weighted by Crippen LogP contribution is -2.27. The third-order valence-corrected chi connectivity index (χ3v) is 3.98. The lowest BCUT2D eigenvalue weighted by molar-refractivity contribution is -0.115. The second-order valence-electron chi connectivity index (χ2n) is 6.13. The Hall–Kier alpha value is -2.66. The Balaban J connectivity index is 2.33. The summed E-state index contributed by atoms with van der Waals surface area (Å²) in [6.07, 6.45) is 1.36. The Labute approximate surface area is 148 Å². The minimum atomic E-state index is -1.13. The quantitative estimate of drug-likeness (QED) is 0.751. The minimum absolute atomic E-state index is 0.134. The predicted octanol–water partition coefficient (Wildman–Crippen LogP) is 3.64. The van der Waals surface area contributed by atoms with Crippen LogP contribution in [0.15, 0.2) is 48.5 Å². The number of rotatable bonds is 6. The lowest BCUT2D eigenvalue weighted by atomic mass is 9.82. The molecule has 3 N–H and O–H groups in total. The molecule has 132 valence electrons. The Kier molecular flexibility index (Phi) is 5.93. The first-order valence-electron chi connectivity index (χ1n) is 8.34. The molecule has 0 unspecified atom stereocenters. The predicted molar refractivity (Wildman–Crippen MR) is 99.4 cm³/mol. The van der Waals surface area contributed by atoms with Crippen LogP contribution >= 0.6 is 0 Å². The third kappa shape index (κ3) is 4.67. The maximum atomic E-state index is 11.3. The molecule has 2 aromatic rings. The van der Waals surface area contributed by atoms with E-state index in [2.05, 4.69) is 10.6 Å². The lowest BCUT2D eigenvalue weighted by Gasteiger charge is -2.29. The van der Waals surface area contributed by atoms with Crippen molar-refractivity contribution in [2.24, 2.45) is 0 Å². The Bertz CT molecular complexity index is 677. The van der Waals surface area contributed by atoms with E-state index in [9.17, 15) is 14.7 Å². The van der Waals surface area contributed by atoms with Gasteiger partial charge in [0.25, 0.3) is 0 Å². The molecular weight excluding hydrogens is 316 g/mol. The fourth-order valence-electron chi connectivity index (χ4n) is 2.88. The van der Waals surface area contributed by atoms with Crippen molar-refractivity contribution in [1.82, 2.24) is 0 Å². The summed E-state index contributed by atoms with van der Waals surface area (Å²) in [4.78, 5) is 22.3. The molecule has 2 aromatic carbocycles. The van der Waals surface area contributed by atoms with Gasteiger partial charge in [-0.2, -0.15) is 0 Å². The van der Waals surface area contributed by atoms with Gasteiger partial charge in [-0.1, -0.05) is 37.6 Å². The number of hydrogen-bond donors (Lipinski definition) is 3. The van der Waals surface area contributed by atoms with E-state index in [4.69, 9.17) is 0 Å². The smallest absolute Gasteiger partial charge is 0.221 e. The van der Waals surface area contributed by atoms with Gasteiger partial charge < -0.3 is 15.7 Å². The summed E-state index contributed by atoms with van der Waals surface area (Å²) >= 11 is 0. The normalized spacial score (nSPS) is 11.0. The molecule has 0 atom stereocenters. The first-order chi connectivity index (χ1) is 11.8. The standard InChI is InChI=1S/C20H24N2O3/c1-4-13-20(25,16-5-9-18(10-6-16)21-14(2)23)17-7-11-19(12-8-17)22-15(3)24/h5-12,25H,4,13H2,1-3H3,(H,21,23)(H,22,24). The van der Waals surface area contributed by atoms with Crippen LogP contribution in [0.1, 0.15) is 44.7 Å². The van der Waals surface area contributed by atoms with Crippen molar-refractivity contribution in [2.75, 3.05) is 10.6 Å². The molecule has 0 fully saturated rings. The topological polar surface area (TPSA) is 78.4 Å². The molecule has 2 amide bonds. The van der Waals surface area contributed by atoms with Gasteiger partial charge in [-0.15, -0.1) is 0 Å². The summed E-state index contributed by atoms with van der Waals surface area (Å²) in [5.74, 6) is -0.268. The highest BCUT2D eigenvalue weighted by Crippen LogP contribution is 2.35. The average Bonchev–Trinajstić information content (AvgIpc) is 2.55. The van der Waals surface area contributed by atoms with Gasteiger partial charge >= 0.3 is 0 Å². The SMILES string of the molecule is CCCC(O)(c1ccc(NC(C)=O)cc1)c1ccc(NC(C)=O)cc1. The minimum Gasteiger partial charge on any atom is -0.380 e. The summed E-state index contributed by atoms with van der Waals surface area (Å²) < 4.78 is 0. The highest BCUT2D eigenvalue weighted by Gasteiger charge is 2.30. The number of carbonyl (C=O) groups excluding carboxylic acids is 2. The van der Waals surface area contributed by atoms with E-state index in [0.29, 0.717) is 17.8 Å². The zero-order chi connectivity index (χ0) is 18.4. The molecule has 0 aliphatic rings. The monoisotopic (exact) mass is 340 g/mol. The number of aliphatic hydroxyl groups is 1. The van der Waals surface area contributed by atoms with E-state index in [1.165, 1.54) is 13.8 Å². The molecule has 0 saturated carbocycles. The van der Waals surface area contributed by atoms with Gasteiger partial charge in [0.2, 0.25) is 11.8 Å². The molecule has 0 aromatic heterocycles. The Morgan fingerprint density at radius 1 is 0.840 bits per heavy atom. The number of nitrogens with one attached hydrogen (secondary N) is 2. The van der Waals surface area contributed by atoms with E-state index in [1.807, 2.05) is 31.2 Å². The second kappa shape index (κ2) is 7.94. The van der Waals surface area contributed by atoms with Crippen LogP contribution in [0, 0.1) is 0 Å². The zero-order valence-corrected chi connectivity index (χ0v) is 14.8. The van der Waals surface area contributed by atoms with Gasteiger partial charge in [-0.25, -0.2) is 0 Å². The second-order valence-corrected chi connectivity index (χ2v) is 6.13. The highest BCUT2D eigenvalue weighted by molar-refractivity contribution is 5.89. The summed E-state index contributed by atoms with van der Waals surface area (Å²) in [5.41, 5.74) is 1.77. The largest absolute Gasteiger partial charge is 0.380 e. The van der Waals surface area contributed by atoms with Crippen molar-refractivity contribution < 1.29 is 14.7 Å². The summed E-state index contributed by atoms with van der Waals surface area (Å²) in [7, 11) is 0. The first-order valence-corrected chi connectivity index (χ1v) is 8.34. The van der Waals surface area contributed by atoms with Gasteiger partial charge in [-0.05, 0) is 41.8 Å². The van der Waals surface area contributed by atoms with E-state index < -0.39 is 5.60 Å². The van der Waals surface area contributed by atoms with E-state index in [-0.39, 0.29) is 11.8 Å². The Morgan fingerprint density at radius 3 is 1.48 bits per heavy atom. The van der Waals surface area contributed by atoms with Crippen LogP contribution in [0.2, 0.25) is 0 Å². The van der Waals surface area contributed by atoms with Crippen LogP contribution in [0.5, 0.6) is 0 Å². The highest BCUT2D eigenvalue weighted by atomic mass is 16.3. The number of carbonyl (C=O) groups is 2. The van der Waals surface area contributed by atoms with Crippen LogP contribution in [0.3, 0.4) is 0 Å². The average molecular weight is 340 g/mol. The summed E-state index contributed by atoms with van der Waals surface area (Å²) in [6, 6.07) is 14.4. The Morgan fingerprint density at radius 2 is 1.20 bits per heavy atom. The van der Waals surface area contributed by atoms with Gasteiger partial charge in [0.05, 0.1) is 0 Å². The zero-order valence-electron chi connectivity index (χ0n) is 14.8. The maximum absolute atomic E-state index is 11.3. The number of benzene rings is 2. The molecule has 5 nitrogen and oxygen atoms in total. The van der Waals surface area contributed by atoms with Crippen molar-refractivity contribution in [3.63, 3.8) is 0 Å². The summed E-state index contributed by atoms with van der Waals surface area (Å²) in [5, 5.41) is 16.8. The van der Waals surface area contributed by atoms with E-state index >= 15 is 0 Å². The fraction of sp³-hybridized carbons (Fsp3) is 0.300. The molecule has 25 heavy (non-hydrogen) atoms. The van der Waals surface area contributed by atoms with Crippen LogP contribution in [-0.2, 0) is 15.2 Å². The fourth-order valence-corrected chi connectivity index (χ4v) is 2.88. The molecule has 0 radical (unpaired) electrons. The molecule has 0 saturated heterocycles. The van der Waals surface area contributed by atoms with Crippen molar-refractivity contribution in [3.8, 4) is 0 Å². The summed E-state index contributed by atoms with van der Waals surface area (Å²) in [6.45, 7) is 4.93. The van der Waals surface area contributed by atoms with Gasteiger partial charge in [0.15, 0.2) is 0 Å². The molecule has 5 heteroatoms. The van der Waals surface area contributed by atoms with Crippen molar-refractivity contribution >= 4 is 23.2 Å².